The van der Waals surface area contributed by atoms with Crippen LogP contribution in [-0.2, 0) is 4.79 Å². The van der Waals surface area contributed by atoms with Crippen LogP contribution in [0.4, 0.5) is 5.95 Å². The van der Waals surface area contributed by atoms with E-state index in [9.17, 15) is 4.79 Å². The van der Waals surface area contributed by atoms with Crippen molar-refractivity contribution < 1.29 is 4.79 Å². The third-order valence-electron chi connectivity index (χ3n) is 4.27. The summed E-state index contributed by atoms with van der Waals surface area (Å²) in [6, 6.07) is 8.38. The Morgan fingerprint density at radius 2 is 1.76 bits per heavy atom. The summed E-state index contributed by atoms with van der Waals surface area (Å²) < 4.78 is 0. The molecule has 1 aromatic carbocycles. The Hall–Kier alpha value is -2.87. The van der Waals surface area contributed by atoms with Crippen molar-refractivity contribution in [1.29, 1.82) is 0 Å². The van der Waals surface area contributed by atoms with E-state index in [2.05, 4.69) is 32.4 Å². The summed E-state index contributed by atoms with van der Waals surface area (Å²) in [5.41, 5.74) is 2.75. The van der Waals surface area contributed by atoms with Crippen LogP contribution < -0.4 is 10.6 Å². The SMILES string of the molecule is CC(=O)NC(C)c1ccc(C#Cc2cnc(NC3CCC3)nc2)cc1. The molecule has 0 bridgehead atoms. The molecule has 0 spiro atoms. The number of hydrogen-bond donors (Lipinski definition) is 2. The first-order chi connectivity index (χ1) is 12.1. The lowest BCUT2D eigenvalue weighted by atomic mass is 9.93. The number of rotatable bonds is 4. The fraction of sp³-hybridized carbons (Fsp3) is 0.350. The van der Waals surface area contributed by atoms with Crippen LogP contribution in [0, 0.1) is 11.8 Å². The van der Waals surface area contributed by atoms with Gasteiger partial charge >= 0.3 is 0 Å². The molecule has 1 unspecified atom stereocenters. The minimum absolute atomic E-state index is 0.0105. The van der Waals surface area contributed by atoms with Gasteiger partial charge in [0.2, 0.25) is 11.9 Å². The average molecular weight is 334 g/mol. The maximum Gasteiger partial charge on any atom is 0.222 e. The van der Waals surface area contributed by atoms with Crippen LogP contribution in [0.3, 0.4) is 0 Å². The maximum atomic E-state index is 11.1. The zero-order valence-electron chi connectivity index (χ0n) is 14.5. The summed E-state index contributed by atoms with van der Waals surface area (Å²) in [5, 5.41) is 6.18. The van der Waals surface area contributed by atoms with Crippen molar-refractivity contribution in [2.45, 2.75) is 45.2 Å². The Morgan fingerprint density at radius 3 is 2.32 bits per heavy atom. The Bertz CT molecular complexity index is 783. The zero-order valence-corrected chi connectivity index (χ0v) is 14.5. The Balaban J connectivity index is 1.61. The Morgan fingerprint density at radius 1 is 1.12 bits per heavy atom. The van der Waals surface area contributed by atoms with Gasteiger partial charge in [-0.25, -0.2) is 9.97 Å². The first-order valence-corrected chi connectivity index (χ1v) is 8.58. The van der Waals surface area contributed by atoms with E-state index in [1.165, 1.54) is 26.2 Å². The van der Waals surface area contributed by atoms with Crippen molar-refractivity contribution in [2.24, 2.45) is 0 Å². The van der Waals surface area contributed by atoms with Gasteiger partial charge in [-0.05, 0) is 43.9 Å². The predicted octanol–water partition coefficient (Wildman–Crippen LogP) is 3.04. The summed E-state index contributed by atoms with van der Waals surface area (Å²) in [5.74, 6) is 6.83. The summed E-state index contributed by atoms with van der Waals surface area (Å²) in [6.45, 7) is 3.48. The molecule has 2 N–H and O–H groups in total. The second kappa shape index (κ2) is 7.80. The molecule has 0 radical (unpaired) electrons. The molecule has 1 aliphatic carbocycles. The average Bonchev–Trinajstić information content (AvgIpc) is 2.57. The topological polar surface area (TPSA) is 66.9 Å². The van der Waals surface area contributed by atoms with Gasteiger partial charge in [0.25, 0.3) is 0 Å². The standard InChI is InChI=1S/C20H22N4O/c1-14(23-15(2)25)18-10-8-16(9-11-18)6-7-17-12-21-20(22-13-17)24-19-4-3-5-19/h8-14,19H,3-5H2,1-2H3,(H,23,25)(H,21,22,24). The fourth-order valence-electron chi connectivity index (χ4n) is 2.59. The lowest BCUT2D eigenvalue weighted by molar-refractivity contribution is -0.119. The smallest absolute Gasteiger partial charge is 0.222 e. The molecule has 3 rings (SSSR count). The van der Waals surface area contributed by atoms with Gasteiger partial charge < -0.3 is 10.6 Å². The van der Waals surface area contributed by atoms with Crippen molar-refractivity contribution in [3.63, 3.8) is 0 Å². The number of hydrogen-bond acceptors (Lipinski definition) is 4. The number of anilines is 1. The van der Waals surface area contributed by atoms with Crippen LogP contribution in [0.15, 0.2) is 36.7 Å². The van der Waals surface area contributed by atoms with Crippen molar-refractivity contribution in [1.82, 2.24) is 15.3 Å². The normalized spacial score (nSPS) is 14.6. The second-order valence-corrected chi connectivity index (χ2v) is 6.36. The molecule has 1 fully saturated rings. The number of nitrogens with zero attached hydrogens (tertiary/aromatic N) is 2. The van der Waals surface area contributed by atoms with Gasteiger partial charge in [0.15, 0.2) is 0 Å². The summed E-state index contributed by atoms with van der Waals surface area (Å²) in [6.07, 6.45) is 7.16. The number of aromatic nitrogens is 2. The summed E-state index contributed by atoms with van der Waals surface area (Å²) in [7, 11) is 0. The number of benzene rings is 1. The molecule has 1 saturated carbocycles. The molecule has 1 amide bonds. The molecule has 1 heterocycles. The lowest BCUT2D eigenvalue weighted by Gasteiger charge is -2.26. The van der Waals surface area contributed by atoms with Gasteiger partial charge in [-0.1, -0.05) is 24.0 Å². The highest BCUT2D eigenvalue weighted by Gasteiger charge is 2.17. The van der Waals surface area contributed by atoms with Gasteiger partial charge in [0.05, 0.1) is 11.6 Å². The fourth-order valence-corrected chi connectivity index (χ4v) is 2.59. The lowest BCUT2D eigenvalue weighted by Crippen LogP contribution is -2.27. The first kappa shape index (κ1) is 17.0. The van der Waals surface area contributed by atoms with Crippen molar-refractivity contribution >= 4 is 11.9 Å². The molecule has 0 aliphatic heterocycles. The first-order valence-electron chi connectivity index (χ1n) is 8.58. The van der Waals surface area contributed by atoms with E-state index in [1.54, 1.807) is 12.4 Å². The van der Waals surface area contributed by atoms with Gasteiger partial charge in [-0.3, -0.25) is 4.79 Å². The minimum atomic E-state index is -0.0355. The third-order valence-corrected chi connectivity index (χ3v) is 4.27. The molecule has 1 aliphatic rings. The molecule has 1 aromatic heterocycles. The van der Waals surface area contributed by atoms with E-state index in [0.29, 0.717) is 12.0 Å². The van der Waals surface area contributed by atoms with Crippen LogP contribution >= 0.6 is 0 Å². The van der Waals surface area contributed by atoms with Crippen LogP contribution in [0.5, 0.6) is 0 Å². The molecule has 25 heavy (non-hydrogen) atoms. The number of amides is 1. The molecule has 128 valence electrons. The van der Waals surface area contributed by atoms with Crippen LogP contribution in [0.1, 0.15) is 55.8 Å². The summed E-state index contributed by atoms with van der Waals surface area (Å²) in [4.78, 5) is 19.7. The second-order valence-electron chi connectivity index (χ2n) is 6.36. The maximum absolute atomic E-state index is 11.1. The highest BCUT2D eigenvalue weighted by atomic mass is 16.1. The molecule has 5 nitrogen and oxygen atoms in total. The van der Waals surface area contributed by atoms with Crippen LogP contribution in [-0.4, -0.2) is 21.9 Å². The third kappa shape index (κ3) is 4.80. The highest BCUT2D eigenvalue weighted by Crippen LogP contribution is 2.21. The van der Waals surface area contributed by atoms with E-state index in [0.717, 1.165) is 16.7 Å². The minimum Gasteiger partial charge on any atom is -0.351 e. The molecular weight excluding hydrogens is 312 g/mol. The molecule has 1 atom stereocenters. The van der Waals surface area contributed by atoms with Crippen molar-refractivity contribution in [2.75, 3.05) is 5.32 Å². The largest absolute Gasteiger partial charge is 0.351 e. The predicted molar refractivity (Wildman–Crippen MR) is 97.9 cm³/mol. The quantitative estimate of drug-likeness (QED) is 0.844. The van der Waals surface area contributed by atoms with Crippen LogP contribution in [0.25, 0.3) is 0 Å². The van der Waals surface area contributed by atoms with E-state index in [1.807, 2.05) is 31.2 Å². The zero-order chi connectivity index (χ0) is 17.6. The van der Waals surface area contributed by atoms with E-state index >= 15 is 0 Å². The Kier molecular flexibility index (Phi) is 5.30. The van der Waals surface area contributed by atoms with Gasteiger partial charge in [0, 0.05) is 30.9 Å². The molecule has 5 heteroatoms. The number of carbonyl (C=O) groups is 1. The van der Waals surface area contributed by atoms with Gasteiger partial charge in [-0.15, -0.1) is 0 Å². The van der Waals surface area contributed by atoms with E-state index in [-0.39, 0.29) is 11.9 Å². The summed E-state index contributed by atoms with van der Waals surface area (Å²) >= 11 is 0. The van der Waals surface area contributed by atoms with E-state index in [4.69, 9.17) is 0 Å². The van der Waals surface area contributed by atoms with Crippen LogP contribution in [0.2, 0.25) is 0 Å². The molecule has 0 saturated heterocycles. The monoisotopic (exact) mass is 334 g/mol. The number of carbonyl (C=O) groups excluding carboxylic acids is 1. The highest BCUT2D eigenvalue weighted by molar-refractivity contribution is 5.73. The molecular formula is C20H22N4O. The number of nitrogens with one attached hydrogen (secondary N) is 2. The van der Waals surface area contributed by atoms with Crippen molar-refractivity contribution in [3.05, 3.63) is 53.3 Å². The van der Waals surface area contributed by atoms with Gasteiger partial charge in [-0.2, -0.15) is 0 Å². The van der Waals surface area contributed by atoms with Gasteiger partial charge in [0.1, 0.15) is 0 Å². The Labute approximate surface area is 148 Å². The van der Waals surface area contributed by atoms with E-state index < -0.39 is 0 Å². The van der Waals surface area contributed by atoms with Crippen molar-refractivity contribution in [3.8, 4) is 11.8 Å². The molecule has 2 aromatic rings.